The highest BCUT2D eigenvalue weighted by Crippen LogP contribution is 2.30. The van der Waals surface area contributed by atoms with Gasteiger partial charge in [-0.3, -0.25) is 9.55 Å². The number of H-pyrrole nitrogens is 1. The molecule has 0 aliphatic rings. The molecular formula is C23H17ClN3O3S+. The minimum Gasteiger partial charge on any atom is -0.304 e. The van der Waals surface area contributed by atoms with Crippen LogP contribution in [0.4, 0.5) is 0 Å². The quantitative estimate of drug-likeness (QED) is 0.372. The van der Waals surface area contributed by atoms with Crippen LogP contribution in [0.2, 0.25) is 5.02 Å². The summed E-state index contributed by atoms with van der Waals surface area (Å²) in [5.74, 6) is 0. The molecule has 2 aromatic heterocycles. The fraction of sp³-hybridized carbons (Fsp3) is 0.0435. The first kappa shape index (κ1) is 19.7. The van der Waals surface area contributed by atoms with Gasteiger partial charge in [0.15, 0.2) is 4.90 Å². The van der Waals surface area contributed by atoms with E-state index in [0.29, 0.717) is 26.6 Å². The summed E-state index contributed by atoms with van der Waals surface area (Å²) >= 11 is 6.02. The van der Waals surface area contributed by atoms with E-state index >= 15 is 0 Å². The number of hydrogen-bond acceptors (Lipinski definition) is 3. The van der Waals surface area contributed by atoms with Crippen molar-refractivity contribution in [3.63, 3.8) is 0 Å². The number of benzene rings is 3. The van der Waals surface area contributed by atoms with Crippen LogP contribution in [0.5, 0.6) is 0 Å². The number of imidazole rings is 1. The maximum absolute atomic E-state index is 12.8. The highest BCUT2D eigenvalue weighted by atomic mass is 35.5. The van der Waals surface area contributed by atoms with Crippen molar-refractivity contribution >= 4 is 43.8 Å². The summed E-state index contributed by atoms with van der Waals surface area (Å²) in [6, 6.07) is 19.9. The molecule has 0 bridgehead atoms. The second kappa shape index (κ2) is 7.16. The smallest absolute Gasteiger partial charge is 0.304 e. The molecule has 0 fully saturated rings. The first-order chi connectivity index (χ1) is 14.8. The predicted molar refractivity (Wildman–Crippen MR) is 125 cm³/mol. The number of hydrogen-bond donors (Lipinski definition) is 2. The Morgan fingerprint density at radius 2 is 1.68 bits per heavy atom. The third-order valence-corrected chi connectivity index (χ3v) is 6.62. The Labute approximate surface area is 183 Å². The van der Waals surface area contributed by atoms with E-state index in [9.17, 15) is 13.6 Å². The fourth-order valence-electron chi connectivity index (χ4n) is 3.70. The zero-order valence-electron chi connectivity index (χ0n) is 16.4. The van der Waals surface area contributed by atoms with Crippen LogP contribution in [0.1, 0.15) is 0 Å². The molecular weight excluding hydrogens is 434 g/mol. The van der Waals surface area contributed by atoms with Gasteiger partial charge in [-0.1, -0.05) is 34.0 Å². The van der Waals surface area contributed by atoms with E-state index in [-0.39, 0.29) is 5.69 Å². The molecule has 154 valence electrons. The van der Waals surface area contributed by atoms with Crippen molar-refractivity contribution in [2.45, 2.75) is 4.90 Å². The Kier molecular flexibility index (Phi) is 4.55. The predicted octanol–water partition coefficient (Wildman–Crippen LogP) is 5.15. The Bertz CT molecular complexity index is 1550. The molecule has 0 aliphatic carbocycles. The summed E-state index contributed by atoms with van der Waals surface area (Å²) in [5.41, 5.74) is 4.30. The van der Waals surface area contributed by atoms with Crippen molar-refractivity contribution in [3.05, 3.63) is 88.4 Å². The molecule has 0 aliphatic heterocycles. The van der Waals surface area contributed by atoms with Crippen molar-refractivity contribution in [1.82, 2.24) is 14.5 Å². The number of fused-ring (bicyclic) bond motifs is 3. The van der Waals surface area contributed by atoms with Crippen molar-refractivity contribution in [2.24, 2.45) is 0 Å². The molecule has 5 aromatic rings. The van der Waals surface area contributed by atoms with Gasteiger partial charge < -0.3 is 4.98 Å². The third-order valence-electron chi connectivity index (χ3n) is 5.22. The topological polar surface area (TPSA) is 88.0 Å². The van der Waals surface area contributed by atoms with Crippen LogP contribution >= 0.6 is 11.6 Å². The van der Waals surface area contributed by atoms with Gasteiger partial charge in [-0.15, -0.1) is 0 Å². The van der Waals surface area contributed by atoms with E-state index in [0.717, 1.165) is 22.0 Å². The number of pyridine rings is 1. The average Bonchev–Trinajstić information content (AvgIpc) is 3.09. The molecule has 8 heteroatoms. The zero-order chi connectivity index (χ0) is 21.8. The van der Waals surface area contributed by atoms with Crippen molar-refractivity contribution in [3.8, 4) is 16.8 Å². The summed E-state index contributed by atoms with van der Waals surface area (Å²) in [6.45, 7) is 0. The van der Waals surface area contributed by atoms with Gasteiger partial charge in [0.25, 0.3) is 0 Å². The number of rotatable bonds is 3. The van der Waals surface area contributed by atoms with Crippen LogP contribution in [0, 0.1) is 0 Å². The van der Waals surface area contributed by atoms with Crippen LogP contribution in [0.25, 0.3) is 38.8 Å². The second-order valence-electron chi connectivity index (χ2n) is 7.32. The van der Waals surface area contributed by atoms with Gasteiger partial charge in [0.1, 0.15) is 6.26 Å². The molecule has 0 spiro atoms. The minimum absolute atomic E-state index is 0.306. The summed E-state index contributed by atoms with van der Waals surface area (Å²) in [4.78, 5) is 20.5. The lowest BCUT2D eigenvalue weighted by atomic mass is 10.0. The van der Waals surface area contributed by atoms with Gasteiger partial charge in [-0.05, 0) is 59.7 Å². The molecule has 3 aromatic carbocycles. The molecule has 6 nitrogen and oxygen atoms in total. The van der Waals surface area contributed by atoms with E-state index in [2.05, 4.69) is 9.97 Å². The van der Waals surface area contributed by atoms with E-state index in [1.165, 1.54) is 6.26 Å². The second-order valence-corrected chi connectivity index (χ2v) is 9.83. The number of aromatic nitrogens is 3. The Hall–Kier alpha value is -3.26. The highest BCUT2D eigenvalue weighted by molar-refractivity contribution is 7.97. The van der Waals surface area contributed by atoms with Crippen LogP contribution < -0.4 is 5.69 Å². The number of halogens is 1. The van der Waals surface area contributed by atoms with Crippen molar-refractivity contribution in [1.29, 1.82) is 0 Å². The standard InChI is InChI=1S/C23H16ClN3O3S/c1-31(29,30)18-9-7-17(8-10-18)27-22-19-12-15(14-2-5-16(24)6-3-14)4-11-20(19)25-13-21(22)26-23(27)28/h2-13H,1H3,(H-,26,28,29,30)/p+1. The summed E-state index contributed by atoms with van der Waals surface area (Å²) in [7, 11) is -3.08. The third kappa shape index (κ3) is 3.46. The first-order valence-electron chi connectivity index (χ1n) is 9.43. The summed E-state index contributed by atoms with van der Waals surface area (Å²) < 4.78 is 23.2. The Morgan fingerprint density at radius 3 is 2.35 bits per heavy atom. The largest absolute Gasteiger partial charge is 0.331 e. The summed E-state index contributed by atoms with van der Waals surface area (Å²) in [6.07, 6.45) is 2.90. The monoisotopic (exact) mass is 450 g/mol. The molecule has 2 heterocycles. The van der Waals surface area contributed by atoms with Crippen molar-refractivity contribution < 1.29 is 8.76 Å². The average molecular weight is 451 g/mol. The number of nitrogens with one attached hydrogen (secondary N) is 1. The minimum atomic E-state index is -3.08. The van der Waals surface area contributed by atoms with Crippen LogP contribution in [0.3, 0.4) is 0 Å². The summed E-state index contributed by atoms with van der Waals surface area (Å²) in [5, 5.41) is 1.48. The van der Waals surface area contributed by atoms with Gasteiger partial charge in [0, 0.05) is 10.4 Å². The molecule has 1 atom stereocenters. The first-order valence-corrected chi connectivity index (χ1v) is 11.7. The van der Waals surface area contributed by atoms with Gasteiger partial charge in [0.2, 0.25) is 10.2 Å². The van der Waals surface area contributed by atoms with Crippen LogP contribution in [-0.4, -0.2) is 25.3 Å². The Balaban J connectivity index is 1.76. The SMILES string of the molecule is C[S+](=O)(O)c1ccc(-n2c(=O)[nH]c3cnc4ccc(-c5ccc(Cl)cc5)cc4c32)cc1. The highest BCUT2D eigenvalue weighted by Gasteiger charge is 2.21. The van der Waals surface area contributed by atoms with E-state index in [4.69, 9.17) is 11.6 Å². The van der Waals surface area contributed by atoms with Crippen LogP contribution in [0.15, 0.2) is 82.6 Å². The molecule has 5 rings (SSSR count). The van der Waals surface area contributed by atoms with Gasteiger partial charge in [-0.25, -0.2) is 4.79 Å². The molecule has 0 saturated carbocycles. The van der Waals surface area contributed by atoms with Gasteiger partial charge in [-0.2, -0.15) is 4.55 Å². The molecule has 0 saturated heterocycles. The van der Waals surface area contributed by atoms with Crippen LogP contribution in [-0.2, 0) is 14.4 Å². The van der Waals surface area contributed by atoms with E-state index < -0.39 is 10.2 Å². The van der Waals surface area contributed by atoms with Gasteiger partial charge >= 0.3 is 5.69 Å². The van der Waals surface area contributed by atoms with Crippen molar-refractivity contribution in [2.75, 3.05) is 6.26 Å². The van der Waals surface area contributed by atoms with Gasteiger partial charge in [0.05, 0.1) is 28.4 Å². The van der Waals surface area contributed by atoms with E-state index in [1.807, 2.05) is 42.5 Å². The maximum Gasteiger partial charge on any atom is 0.331 e. The number of aromatic amines is 1. The Morgan fingerprint density at radius 1 is 1.00 bits per heavy atom. The molecule has 2 N–H and O–H groups in total. The fourth-order valence-corrected chi connectivity index (χ4v) is 4.47. The maximum atomic E-state index is 12.8. The molecule has 1 unspecified atom stereocenters. The lowest BCUT2D eigenvalue weighted by Gasteiger charge is -2.08. The normalized spacial score (nSPS) is 13.5. The lowest BCUT2D eigenvalue weighted by Crippen LogP contribution is -2.15. The molecule has 0 radical (unpaired) electrons. The number of nitrogens with zero attached hydrogens (tertiary/aromatic N) is 2. The molecule has 0 amide bonds. The molecule has 31 heavy (non-hydrogen) atoms. The lowest BCUT2D eigenvalue weighted by molar-refractivity contribution is 0.503. The van der Waals surface area contributed by atoms with E-state index in [1.54, 1.807) is 35.0 Å². The zero-order valence-corrected chi connectivity index (χ0v) is 17.9.